The van der Waals surface area contributed by atoms with Crippen LogP contribution in [0.25, 0.3) is 0 Å². The molecule has 1 unspecified atom stereocenters. The number of nitrogens with zero attached hydrogens (tertiary/aromatic N) is 2. The molecular formula is C19H27N3O. The molecule has 23 heavy (non-hydrogen) atoms. The van der Waals surface area contributed by atoms with Gasteiger partial charge in [0.25, 0.3) is 0 Å². The van der Waals surface area contributed by atoms with Crippen molar-refractivity contribution >= 4 is 11.6 Å². The Morgan fingerprint density at radius 2 is 2.04 bits per heavy atom. The number of amides is 1. The molecule has 4 nitrogen and oxygen atoms in total. The van der Waals surface area contributed by atoms with Crippen LogP contribution in [0.15, 0.2) is 18.2 Å². The van der Waals surface area contributed by atoms with Crippen molar-refractivity contribution in [2.24, 2.45) is 5.92 Å². The lowest BCUT2D eigenvalue weighted by atomic mass is 10.0. The molecule has 1 aliphatic carbocycles. The molecular weight excluding hydrogens is 286 g/mol. The van der Waals surface area contributed by atoms with Gasteiger partial charge in [-0.1, -0.05) is 12.1 Å². The van der Waals surface area contributed by atoms with E-state index in [9.17, 15) is 4.79 Å². The van der Waals surface area contributed by atoms with Crippen LogP contribution in [0.5, 0.6) is 0 Å². The monoisotopic (exact) mass is 313 g/mol. The van der Waals surface area contributed by atoms with Crippen molar-refractivity contribution in [1.29, 1.82) is 0 Å². The van der Waals surface area contributed by atoms with Crippen LogP contribution in [0, 0.1) is 5.92 Å². The Balaban J connectivity index is 1.44. The molecule has 4 rings (SSSR count). The topological polar surface area (TPSA) is 35.6 Å². The van der Waals surface area contributed by atoms with E-state index in [2.05, 4.69) is 40.2 Å². The van der Waals surface area contributed by atoms with Crippen molar-refractivity contribution in [3.05, 3.63) is 29.3 Å². The fraction of sp³-hybridized carbons (Fsp3) is 0.632. The average Bonchev–Trinajstić information content (AvgIpc) is 3.36. The maximum absolute atomic E-state index is 12.5. The largest absolute Gasteiger partial charge is 0.314 e. The Morgan fingerprint density at radius 3 is 2.78 bits per heavy atom. The van der Waals surface area contributed by atoms with Crippen LogP contribution in [-0.4, -0.2) is 49.6 Å². The Bertz CT molecular complexity index is 590. The van der Waals surface area contributed by atoms with Gasteiger partial charge >= 0.3 is 0 Å². The normalized spacial score (nSPS) is 24.7. The van der Waals surface area contributed by atoms with Crippen molar-refractivity contribution in [2.45, 2.75) is 38.6 Å². The van der Waals surface area contributed by atoms with Gasteiger partial charge in [-0.05, 0) is 49.8 Å². The first-order valence-electron chi connectivity index (χ1n) is 9.10. The van der Waals surface area contributed by atoms with Crippen molar-refractivity contribution in [3.63, 3.8) is 0 Å². The highest BCUT2D eigenvalue weighted by Gasteiger charge is 2.39. The number of carbonyl (C=O) groups is 1. The molecule has 1 amide bonds. The number of piperazine rings is 1. The number of fused-ring (bicyclic) bond motifs is 1. The molecule has 0 bridgehead atoms. The summed E-state index contributed by atoms with van der Waals surface area (Å²) in [7, 11) is 0. The molecule has 1 aromatic carbocycles. The van der Waals surface area contributed by atoms with Gasteiger partial charge in [0.05, 0.1) is 0 Å². The van der Waals surface area contributed by atoms with E-state index in [-0.39, 0.29) is 0 Å². The minimum absolute atomic E-state index is 0.302. The van der Waals surface area contributed by atoms with Gasteiger partial charge in [0.15, 0.2) is 0 Å². The molecule has 1 aromatic rings. The van der Waals surface area contributed by atoms with Gasteiger partial charge in [-0.3, -0.25) is 4.79 Å². The summed E-state index contributed by atoms with van der Waals surface area (Å²) in [6.45, 7) is 7.86. The molecule has 2 fully saturated rings. The molecule has 0 aromatic heterocycles. The SMILES string of the molecule is CC1Cc2cc(CCN3CCNCC3)ccc2N1C(=O)C1CC1. The van der Waals surface area contributed by atoms with Crippen molar-refractivity contribution in [1.82, 2.24) is 10.2 Å². The molecule has 1 N–H and O–H groups in total. The predicted molar refractivity (Wildman–Crippen MR) is 92.8 cm³/mol. The predicted octanol–water partition coefficient (Wildman–Crippen LogP) is 1.82. The highest BCUT2D eigenvalue weighted by molar-refractivity contribution is 5.98. The minimum Gasteiger partial charge on any atom is -0.314 e. The molecule has 0 radical (unpaired) electrons. The van der Waals surface area contributed by atoms with Crippen LogP contribution in [-0.2, 0) is 17.6 Å². The van der Waals surface area contributed by atoms with Crippen LogP contribution < -0.4 is 10.2 Å². The van der Waals surface area contributed by atoms with Crippen molar-refractivity contribution < 1.29 is 4.79 Å². The maximum Gasteiger partial charge on any atom is 0.230 e. The third kappa shape index (κ3) is 3.15. The zero-order chi connectivity index (χ0) is 15.8. The first-order chi connectivity index (χ1) is 11.2. The Hall–Kier alpha value is -1.39. The number of carbonyl (C=O) groups excluding carboxylic acids is 1. The first kappa shape index (κ1) is 15.2. The van der Waals surface area contributed by atoms with Crippen LogP contribution >= 0.6 is 0 Å². The molecule has 124 valence electrons. The number of hydrogen-bond acceptors (Lipinski definition) is 3. The molecule has 0 spiro atoms. The summed E-state index contributed by atoms with van der Waals surface area (Å²) in [5, 5.41) is 3.40. The van der Waals surface area contributed by atoms with E-state index in [0.717, 1.165) is 58.4 Å². The van der Waals surface area contributed by atoms with Crippen LogP contribution in [0.1, 0.15) is 30.9 Å². The number of anilines is 1. The lowest BCUT2D eigenvalue weighted by Crippen LogP contribution is -2.44. The summed E-state index contributed by atoms with van der Waals surface area (Å²) in [5.41, 5.74) is 3.94. The van der Waals surface area contributed by atoms with Gasteiger partial charge in [-0.2, -0.15) is 0 Å². The molecule has 3 aliphatic rings. The van der Waals surface area contributed by atoms with Gasteiger partial charge in [-0.15, -0.1) is 0 Å². The molecule has 1 saturated carbocycles. The Kier molecular flexibility index (Phi) is 4.12. The summed E-state index contributed by atoms with van der Waals surface area (Å²) in [6.07, 6.45) is 4.29. The average molecular weight is 313 g/mol. The van der Waals surface area contributed by atoms with Gasteiger partial charge in [0.1, 0.15) is 0 Å². The van der Waals surface area contributed by atoms with Crippen molar-refractivity contribution in [2.75, 3.05) is 37.6 Å². The summed E-state index contributed by atoms with van der Waals surface area (Å²) >= 11 is 0. The highest BCUT2D eigenvalue weighted by Crippen LogP contribution is 2.39. The molecule has 2 aliphatic heterocycles. The third-order valence-electron chi connectivity index (χ3n) is 5.45. The van der Waals surface area contributed by atoms with Crippen LogP contribution in [0.4, 0.5) is 5.69 Å². The number of hydrogen-bond donors (Lipinski definition) is 1. The number of rotatable bonds is 4. The second kappa shape index (κ2) is 6.25. The summed E-state index contributed by atoms with van der Waals surface area (Å²) < 4.78 is 0. The van der Waals surface area contributed by atoms with Crippen LogP contribution in [0.3, 0.4) is 0 Å². The zero-order valence-corrected chi connectivity index (χ0v) is 14.1. The number of benzene rings is 1. The fourth-order valence-electron chi connectivity index (χ4n) is 3.92. The molecule has 1 atom stereocenters. The molecule has 1 saturated heterocycles. The third-order valence-corrected chi connectivity index (χ3v) is 5.45. The second-order valence-corrected chi connectivity index (χ2v) is 7.34. The lowest BCUT2D eigenvalue weighted by molar-refractivity contribution is -0.120. The van der Waals surface area contributed by atoms with Crippen molar-refractivity contribution in [3.8, 4) is 0 Å². The molecule has 2 heterocycles. The van der Waals surface area contributed by atoms with E-state index in [0.29, 0.717) is 17.9 Å². The standard InChI is InChI=1S/C19H27N3O/c1-14-12-17-13-15(6-9-21-10-7-20-8-11-21)2-5-18(17)22(14)19(23)16-3-4-16/h2,5,13-14,16,20H,3-4,6-12H2,1H3. The van der Waals surface area contributed by atoms with Gasteiger partial charge in [0.2, 0.25) is 5.91 Å². The summed E-state index contributed by atoms with van der Waals surface area (Å²) in [6, 6.07) is 7.08. The maximum atomic E-state index is 12.5. The lowest BCUT2D eigenvalue weighted by Gasteiger charge is -2.27. The molecule has 4 heteroatoms. The second-order valence-electron chi connectivity index (χ2n) is 7.34. The Morgan fingerprint density at radius 1 is 1.26 bits per heavy atom. The van der Waals surface area contributed by atoms with Gasteiger partial charge < -0.3 is 15.1 Å². The van der Waals surface area contributed by atoms with E-state index >= 15 is 0 Å². The van der Waals surface area contributed by atoms with Gasteiger partial charge in [-0.25, -0.2) is 0 Å². The zero-order valence-electron chi connectivity index (χ0n) is 14.1. The van der Waals surface area contributed by atoms with Crippen LogP contribution in [0.2, 0.25) is 0 Å². The van der Waals surface area contributed by atoms with E-state index in [1.165, 1.54) is 16.8 Å². The quantitative estimate of drug-likeness (QED) is 0.921. The Labute approximate surface area is 138 Å². The smallest absolute Gasteiger partial charge is 0.230 e. The van der Waals surface area contributed by atoms with E-state index in [1.807, 2.05) is 0 Å². The summed E-state index contributed by atoms with van der Waals surface area (Å²) in [4.78, 5) is 17.1. The van der Waals surface area contributed by atoms with Gasteiger partial charge in [0, 0.05) is 50.4 Å². The van der Waals surface area contributed by atoms with E-state index in [1.54, 1.807) is 0 Å². The summed E-state index contributed by atoms with van der Waals surface area (Å²) in [5.74, 6) is 0.653. The fourth-order valence-corrected chi connectivity index (χ4v) is 3.92. The minimum atomic E-state index is 0.302. The number of nitrogens with one attached hydrogen (secondary N) is 1. The highest BCUT2D eigenvalue weighted by atomic mass is 16.2. The van der Waals surface area contributed by atoms with E-state index in [4.69, 9.17) is 0 Å². The first-order valence-corrected chi connectivity index (χ1v) is 9.10. The van der Waals surface area contributed by atoms with E-state index < -0.39 is 0 Å².